The van der Waals surface area contributed by atoms with Crippen LogP contribution in [0.4, 0.5) is 22.0 Å². The van der Waals surface area contributed by atoms with Crippen LogP contribution in [0.15, 0.2) is 18.3 Å². The van der Waals surface area contributed by atoms with Crippen molar-refractivity contribution >= 4 is 15.9 Å². The number of nitrogens with zero attached hydrogens (tertiary/aromatic N) is 3. The number of aryl methyl sites for hydroxylation is 1. The molecular formula is C23H31F5N4O4S. The maximum atomic E-state index is 13.6. The molecule has 2 aliphatic heterocycles. The molecule has 2 saturated heterocycles. The maximum absolute atomic E-state index is 13.6. The van der Waals surface area contributed by atoms with Crippen molar-refractivity contribution in [1.29, 1.82) is 0 Å². The standard InChI is InChI=1S/C23H31F5N4O4S/c24-22(25,23(26,27)28)8-5-16-1-4-19(29-15-16)17-6-11-32(12-7-17)37(35,36)21(20(33)30-34)9-13-31(14-10-21)18-2-3-18/h1,4,15,17-18,34H,2-3,5-14H2,(H,30,33). The topological polar surface area (TPSA) is 103 Å². The van der Waals surface area contributed by atoms with Crippen molar-refractivity contribution in [1.82, 2.24) is 19.7 Å². The van der Waals surface area contributed by atoms with Crippen molar-refractivity contribution < 1.29 is 40.4 Å². The van der Waals surface area contributed by atoms with Crippen molar-refractivity contribution in [2.75, 3.05) is 26.2 Å². The van der Waals surface area contributed by atoms with Crippen molar-refractivity contribution in [3.63, 3.8) is 0 Å². The van der Waals surface area contributed by atoms with Gasteiger partial charge in [-0.2, -0.15) is 22.0 Å². The van der Waals surface area contributed by atoms with Gasteiger partial charge in [-0.1, -0.05) is 6.07 Å². The molecule has 14 heteroatoms. The van der Waals surface area contributed by atoms with Gasteiger partial charge in [0, 0.05) is 56.5 Å². The zero-order valence-corrected chi connectivity index (χ0v) is 21.0. The Morgan fingerprint density at radius 3 is 2.16 bits per heavy atom. The molecule has 8 nitrogen and oxygen atoms in total. The van der Waals surface area contributed by atoms with E-state index < -0.39 is 45.6 Å². The molecular weight excluding hydrogens is 523 g/mol. The molecule has 0 atom stereocenters. The number of hydroxylamine groups is 1. The number of halogens is 5. The molecule has 3 aliphatic rings. The minimum Gasteiger partial charge on any atom is -0.300 e. The Kier molecular flexibility index (Phi) is 7.86. The van der Waals surface area contributed by atoms with Crippen LogP contribution in [0.3, 0.4) is 0 Å². The summed E-state index contributed by atoms with van der Waals surface area (Å²) in [6, 6.07) is 3.48. The van der Waals surface area contributed by atoms with Crippen molar-refractivity contribution in [2.45, 2.75) is 80.2 Å². The number of sulfonamides is 1. The molecule has 2 N–H and O–H groups in total. The van der Waals surface area contributed by atoms with Crippen LogP contribution >= 0.6 is 0 Å². The number of amides is 1. The molecule has 0 aromatic carbocycles. The lowest BCUT2D eigenvalue weighted by Gasteiger charge is -2.43. The smallest absolute Gasteiger partial charge is 0.300 e. The first-order valence-electron chi connectivity index (χ1n) is 12.4. The number of piperidine rings is 2. The fourth-order valence-electron chi connectivity index (χ4n) is 5.30. The van der Waals surface area contributed by atoms with E-state index in [4.69, 9.17) is 0 Å². The molecule has 208 valence electrons. The number of hydrogen-bond donors (Lipinski definition) is 2. The third-order valence-corrected chi connectivity index (χ3v) is 10.5. The van der Waals surface area contributed by atoms with E-state index in [1.165, 1.54) is 16.6 Å². The van der Waals surface area contributed by atoms with E-state index in [0.717, 1.165) is 12.8 Å². The number of likely N-dealkylation sites (tertiary alicyclic amines) is 1. The Hall–Kier alpha value is -1.90. The van der Waals surface area contributed by atoms with Gasteiger partial charge in [0.1, 0.15) is 0 Å². The summed E-state index contributed by atoms with van der Waals surface area (Å²) in [5, 5.41) is 9.34. The predicted octanol–water partition coefficient (Wildman–Crippen LogP) is 3.22. The van der Waals surface area contributed by atoms with Crippen LogP contribution in [0.2, 0.25) is 0 Å². The molecule has 37 heavy (non-hydrogen) atoms. The summed E-state index contributed by atoms with van der Waals surface area (Å²) in [5.74, 6) is -5.82. The van der Waals surface area contributed by atoms with E-state index in [9.17, 15) is 40.4 Å². The molecule has 1 aromatic rings. The van der Waals surface area contributed by atoms with Gasteiger partial charge in [0.15, 0.2) is 4.75 Å². The van der Waals surface area contributed by atoms with Gasteiger partial charge in [-0.25, -0.2) is 18.2 Å². The summed E-state index contributed by atoms with van der Waals surface area (Å²) in [5.41, 5.74) is 2.42. The second-order valence-electron chi connectivity index (χ2n) is 10.2. The van der Waals surface area contributed by atoms with Crippen LogP contribution in [0.25, 0.3) is 0 Å². The molecule has 4 rings (SSSR count). The number of aromatic nitrogens is 1. The van der Waals surface area contributed by atoms with E-state index in [0.29, 0.717) is 37.7 Å². The van der Waals surface area contributed by atoms with Crippen LogP contribution in [0.1, 0.15) is 62.1 Å². The highest BCUT2D eigenvalue weighted by molar-refractivity contribution is 7.91. The Morgan fingerprint density at radius 2 is 1.68 bits per heavy atom. The Bertz CT molecular complexity index is 1060. The zero-order valence-electron chi connectivity index (χ0n) is 20.2. The second-order valence-corrected chi connectivity index (χ2v) is 12.4. The van der Waals surface area contributed by atoms with E-state index >= 15 is 0 Å². The number of nitrogens with one attached hydrogen (secondary N) is 1. The van der Waals surface area contributed by atoms with E-state index in [1.54, 1.807) is 11.5 Å². The molecule has 1 amide bonds. The number of carbonyl (C=O) groups excluding carboxylic acids is 1. The summed E-state index contributed by atoms with van der Waals surface area (Å²) in [4.78, 5) is 19.1. The quantitative estimate of drug-likeness (QED) is 0.291. The lowest BCUT2D eigenvalue weighted by molar-refractivity contribution is -0.284. The first-order valence-corrected chi connectivity index (χ1v) is 13.8. The van der Waals surface area contributed by atoms with Gasteiger partial charge in [-0.05, 0) is 56.6 Å². The molecule has 1 saturated carbocycles. The van der Waals surface area contributed by atoms with Gasteiger partial charge in [-0.3, -0.25) is 15.0 Å². The van der Waals surface area contributed by atoms with E-state index in [-0.39, 0.29) is 37.4 Å². The number of rotatable bonds is 8. The SMILES string of the molecule is O=C(NO)C1(S(=O)(=O)N2CCC(c3ccc(CCC(F)(F)C(F)(F)F)cn3)CC2)CCN(C2CC2)CC1. The van der Waals surface area contributed by atoms with E-state index in [1.807, 2.05) is 0 Å². The van der Waals surface area contributed by atoms with Gasteiger partial charge >= 0.3 is 12.1 Å². The summed E-state index contributed by atoms with van der Waals surface area (Å²) < 4.78 is 90.3. The van der Waals surface area contributed by atoms with Crippen molar-refractivity contribution in [2.24, 2.45) is 0 Å². The first kappa shape index (κ1) is 28.1. The Balaban J connectivity index is 1.37. The minimum atomic E-state index is -5.60. The van der Waals surface area contributed by atoms with Crippen LogP contribution < -0.4 is 5.48 Å². The summed E-state index contributed by atoms with van der Waals surface area (Å²) >= 11 is 0. The lowest BCUT2D eigenvalue weighted by atomic mass is 9.93. The number of hydrogen-bond acceptors (Lipinski definition) is 6. The van der Waals surface area contributed by atoms with Gasteiger partial charge < -0.3 is 4.90 Å². The van der Waals surface area contributed by atoms with Gasteiger partial charge in [0.05, 0.1) is 0 Å². The lowest BCUT2D eigenvalue weighted by Crippen LogP contribution is -2.62. The number of carbonyl (C=O) groups is 1. The third kappa shape index (κ3) is 5.62. The van der Waals surface area contributed by atoms with Crippen LogP contribution in [0.5, 0.6) is 0 Å². The molecule has 0 unspecified atom stereocenters. The number of pyridine rings is 1. The molecule has 3 heterocycles. The molecule has 0 bridgehead atoms. The third-order valence-electron chi connectivity index (χ3n) is 7.88. The summed E-state index contributed by atoms with van der Waals surface area (Å²) in [6.45, 7) is 1.19. The van der Waals surface area contributed by atoms with Gasteiger partial charge in [0.2, 0.25) is 10.0 Å². The molecule has 1 aliphatic carbocycles. The molecule has 0 spiro atoms. The molecule has 3 fully saturated rings. The van der Waals surface area contributed by atoms with Crippen molar-refractivity contribution in [3.8, 4) is 0 Å². The van der Waals surface area contributed by atoms with Gasteiger partial charge in [0.25, 0.3) is 5.91 Å². The highest BCUT2D eigenvalue weighted by atomic mass is 32.2. The maximum Gasteiger partial charge on any atom is 0.453 e. The van der Waals surface area contributed by atoms with Crippen LogP contribution in [-0.2, 0) is 21.2 Å². The molecule has 1 aromatic heterocycles. The fraction of sp³-hybridized carbons (Fsp3) is 0.739. The summed E-state index contributed by atoms with van der Waals surface area (Å²) in [6.07, 6.45) is -3.05. The summed E-state index contributed by atoms with van der Waals surface area (Å²) in [7, 11) is -4.08. The second kappa shape index (κ2) is 10.3. The Labute approximate surface area is 212 Å². The normalized spacial score (nSPS) is 22.6. The highest BCUT2D eigenvalue weighted by Crippen LogP contribution is 2.40. The average molecular weight is 555 g/mol. The van der Waals surface area contributed by atoms with Crippen molar-refractivity contribution in [3.05, 3.63) is 29.6 Å². The zero-order chi connectivity index (χ0) is 27.1. The first-order chi connectivity index (χ1) is 17.3. The largest absolute Gasteiger partial charge is 0.453 e. The predicted molar refractivity (Wildman–Crippen MR) is 123 cm³/mol. The minimum absolute atomic E-state index is 0.0918. The average Bonchev–Trinajstić information content (AvgIpc) is 3.72. The van der Waals surface area contributed by atoms with Crippen LogP contribution in [0, 0.1) is 0 Å². The molecule has 0 radical (unpaired) electrons. The Morgan fingerprint density at radius 1 is 1.05 bits per heavy atom. The monoisotopic (exact) mass is 554 g/mol. The highest BCUT2D eigenvalue weighted by Gasteiger charge is 2.57. The fourth-order valence-corrected chi connectivity index (χ4v) is 7.47. The number of alkyl halides is 5. The van der Waals surface area contributed by atoms with Crippen LogP contribution in [-0.4, -0.2) is 82.8 Å². The van der Waals surface area contributed by atoms with E-state index in [2.05, 4.69) is 9.88 Å². The van der Waals surface area contributed by atoms with Gasteiger partial charge in [-0.15, -0.1) is 0 Å².